The Balaban J connectivity index is 2.04. The number of aromatic nitrogens is 3. The van der Waals surface area contributed by atoms with E-state index in [4.69, 9.17) is 0 Å². The summed E-state index contributed by atoms with van der Waals surface area (Å²) in [4.78, 5) is 18.0. The van der Waals surface area contributed by atoms with Gasteiger partial charge in [0.05, 0.1) is 28.3 Å². The predicted octanol–water partition coefficient (Wildman–Crippen LogP) is 2.36. The highest BCUT2D eigenvalue weighted by Gasteiger charge is 2.17. The molecule has 18 heavy (non-hydrogen) atoms. The number of thiazole rings is 1. The lowest BCUT2D eigenvalue weighted by Gasteiger charge is -2.06. The van der Waals surface area contributed by atoms with Crippen LogP contribution < -0.4 is 5.32 Å². The standard InChI is InChI=1S/C11H14N4OS2/c1-6(2)9-10(17-5-13-9)11(16)12-4-8-7(3)14-15-18-8/h5-6H,4H2,1-3H3,(H,12,16). The van der Waals surface area contributed by atoms with Crippen LogP contribution in [-0.2, 0) is 6.54 Å². The lowest BCUT2D eigenvalue weighted by Crippen LogP contribution is -2.23. The normalized spacial score (nSPS) is 10.9. The van der Waals surface area contributed by atoms with Gasteiger partial charge >= 0.3 is 0 Å². The first-order valence-corrected chi connectivity index (χ1v) is 7.24. The number of carbonyl (C=O) groups is 1. The number of carbonyl (C=O) groups excluding carboxylic acids is 1. The van der Waals surface area contributed by atoms with E-state index < -0.39 is 0 Å². The lowest BCUT2D eigenvalue weighted by atomic mass is 10.1. The number of nitrogens with zero attached hydrogens (tertiary/aromatic N) is 3. The van der Waals surface area contributed by atoms with E-state index in [-0.39, 0.29) is 11.8 Å². The maximum atomic E-state index is 12.1. The van der Waals surface area contributed by atoms with Gasteiger partial charge in [0.15, 0.2) is 0 Å². The average Bonchev–Trinajstić information content (AvgIpc) is 2.94. The highest BCUT2D eigenvalue weighted by atomic mass is 32.1. The van der Waals surface area contributed by atoms with Crippen molar-refractivity contribution in [2.45, 2.75) is 33.2 Å². The minimum atomic E-state index is -0.0750. The minimum absolute atomic E-state index is 0.0750. The lowest BCUT2D eigenvalue weighted by molar-refractivity contribution is 0.0954. The highest BCUT2D eigenvalue weighted by Crippen LogP contribution is 2.21. The topological polar surface area (TPSA) is 67.8 Å². The monoisotopic (exact) mass is 282 g/mol. The van der Waals surface area contributed by atoms with Gasteiger partial charge in [-0.15, -0.1) is 16.4 Å². The second kappa shape index (κ2) is 5.53. The number of aryl methyl sites for hydroxylation is 1. The summed E-state index contributed by atoms with van der Waals surface area (Å²) < 4.78 is 3.84. The average molecular weight is 282 g/mol. The molecule has 1 N–H and O–H groups in total. The van der Waals surface area contributed by atoms with Crippen LogP contribution in [0.1, 0.15) is 45.7 Å². The Kier molecular flexibility index (Phi) is 4.03. The molecule has 96 valence electrons. The summed E-state index contributed by atoms with van der Waals surface area (Å²) in [6, 6.07) is 0. The molecular weight excluding hydrogens is 268 g/mol. The van der Waals surface area contributed by atoms with Crippen molar-refractivity contribution in [3.63, 3.8) is 0 Å². The molecule has 0 fully saturated rings. The van der Waals surface area contributed by atoms with E-state index >= 15 is 0 Å². The molecule has 0 aliphatic rings. The molecule has 0 aliphatic carbocycles. The van der Waals surface area contributed by atoms with Crippen molar-refractivity contribution in [3.05, 3.63) is 26.7 Å². The minimum Gasteiger partial charge on any atom is -0.346 e. The molecule has 0 saturated heterocycles. The fraction of sp³-hybridized carbons (Fsp3) is 0.455. The summed E-state index contributed by atoms with van der Waals surface area (Å²) in [5.41, 5.74) is 3.44. The predicted molar refractivity (Wildman–Crippen MR) is 72.0 cm³/mol. The third-order valence-electron chi connectivity index (χ3n) is 2.50. The number of hydrogen-bond acceptors (Lipinski definition) is 6. The number of nitrogens with one attached hydrogen (secondary N) is 1. The van der Waals surface area contributed by atoms with Crippen LogP contribution in [0, 0.1) is 6.92 Å². The van der Waals surface area contributed by atoms with Crippen LogP contribution in [0.25, 0.3) is 0 Å². The fourth-order valence-corrected chi connectivity index (χ4v) is 2.92. The summed E-state index contributed by atoms with van der Waals surface area (Å²) in [5.74, 6) is 0.179. The molecule has 2 aromatic rings. The van der Waals surface area contributed by atoms with E-state index in [9.17, 15) is 4.79 Å². The molecule has 0 atom stereocenters. The molecule has 0 unspecified atom stereocenters. The van der Waals surface area contributed by atoms with Crippen molar-refractivity contribution in [3.8, 4) is 0 Å². The van der Waals surface area contributed by atoms with Crippen LogP contribution >= 0.6 is 22.9 Å². The molecule has 0 saturated carbocycles. The Morgan fingerprint density at radius 1 is 1.50 bits per heavy atom. The van der Waals surface area contributed by atoms with Gasteiger partial charge in [-0.3, -0.25) is 4.79 Å². The van der Waals surface area contributed by atoms with Crippen molar-refractivity contribution in [1.29, 1.82) is 0 Å². The SMILES string of the molecule is Cc1nnsc1CNC(=O)c1scnc1C(C)C. The fourth-order valence-electron chi connectivity index (χ4n) is 1.49. The molecule has 5 nitrogen and oxygen atoms in total. The Hall–Kier alpha value is -1.34. The number of amides is 1. The smallest absolute Gasteiger partial charge is 0.263 e. The van der Waals surface area contributed by atoms with E-state index in [0.29, 0.717) is 11.4 Å². The molecule has 0 spiro atoms. The van der Waals surface area contributed by atoms with Crippen LogP contribution in [-0.4, -0.2) is 20.5 Å². The van der Waals surface area contributed by atoms with Crippen LogP contribution in [0.4, 0.5) is 0 Å². The molecule has 0 bridgehead atoms. The molecule has 0 aliphatic heterocycles. The van der Waals surface area contributed by atoms with Crippen LogP contribution in [0.5, 0.6) is 0 Å². The molecule has 0 aromatic carbocycles. The Morgan fingerprint density at radius 3 is 2.89 bits per heavy atom. The van der Waals surface area contributed by atoms with E-state index in [1.54, 1.807) is 5.51 Å². The summed E-state index contributed by atoms with van der Waals surface area (Å²) >= 11 is 2.69. The summed E-state index contributed by atoms with van der Waals surface area (Å²) in [7, 11) is 0. The third-order valence-corrected chi connectivity index (χ3v) is 4.17. The molecule has 2 aromatic heterocycles. The number of hydrogen-bond donors (Lipinski definition) is 1. The quantitative estimate of drug-likeness (QED) is 0.934. The van der Waals surface area contributed by atoms with E-state index in [1.807, 2.05) is 20.8 Å². The van der Waals surface area contributed by atoms with Gasteiger partial charge in [-0.05, 0) is 24.4 Å². The molecular formula is C11H14N4OS2. The van der Waals surface area contributed by atoms with Gasteiger partial charge in [0.2, 0.25) is 0 Å². The van der Waals surface area contributed by atoms with Crippen molar-refractivity contribution >= 4 is 28.8 Å². The van der Waals surface area contributed by atoms with Crippen LogP contribution in [0.15, 0.2) is 5.51 Å². The van der Waals surface area contributed by atoms with E-state index in [2.05, 4.69) is 19.9 Å². The molecule has 1 amide bonds. The zero-order chi connectivity index (χ0) is 13.1. The van der Waals surface area contributed by atoms with E-state index in [1.165, 1.54) is 22.9 Å². The van der Waals surface area contributed by atoms with Gasteiger partial charge in [-0.1, -0.05) is 18.3 Å². The summed E-state index contributed by atoms with van der Waals surface area (Å²) in [5, 5.41) is 6.80. The highest BCUT2D eigenvalue weighted by molar-refractivity contribution is 7.11. The Bertz CT molecular complexity index is 547. The van der Waals surface area contributed by atoms with Crippen molar-refractivity contribution in [1.82, 2.24) is 19.9 Å². The van der Waals surface area contributed by atoms with Crippen molar-refractivity contribution in [2.24, 2.45) is 0 Å². The van der Waals surface area contributed by atoms with Crippen molar-refractivity contribution < 1.29 is 4.79 Å². The Labute approximate surface area is 113 Å². The van der Waals surface area contributed by atoms with Gasteiger partial charge in [0.25, 0.3) is 5.91 Å². The molecule has 2 heterocycles. The first-order valence-electron chi connectivity index (χ1n) is 5.59. The first-order chi connectivity index (χ1) is 8.59. The summed E-state index contributed by atoms with van der Waals surface area (Å²) in [6.45, 7) is 6.42. The van der Waals surface area contributed by atoms with Gasteiger partial charge < -0.3 is 5.32 Å². The van der Waals surface area contributed by atoms with Gasteiger partial charge in [-0.2, -0.15) is 0 Å². The zero-order valence-electron chi connectivity index (χ0n) is 10.4. The van der Waals surface area contributed by atoms with Gasteiger partial charge in [-0.25, -0.2) is 4.98 Å². The van der Waals surface area contributed by atoms with Gasteiger partial charge in [0, 0.05) is 0 Å². The Morgan fingerprint density at radius 2 is 2.28 bits per heavy atom. The largest absolute Gasteiger partial charge is 0.346 e. The molecule has 0 radical (unpaired) electrons. The zero-order valence-corrected chi connectivity index (χ0v) is 12.1. The van der Waals surface area contributed by atoms with E-state index in [0.717, 1.165) is 16.3 Å². The maximum absolute atomic E-state index is 12.1. The molecule has 7 heteroatoms. The summed E-state index contributed by atoms with van der Waals surface area (Å²) in [6.07, 6.45) is 0. The molecule has 2 rings (SSSR count). The van der Waals surface area contributed by atoms with Crippen LogP contribution in [0.2, 0.25) is 0 Å². The third kappa shape index (κ3) is 2.73. The second-order valence-electron chi connectivity index (χ2n) is 4.19. The second-order valence-corrected chi connectivity index (χ2v) is 5.88. The van der Waals surface area contributed by atoms with Gasteiger partial charge in [0.1, 0.15) is 4.88 Å². The van der Waals surface area contributed by atoms with Crippen LogP contribution in [0.3, 0.4) is 0 Å². The number of rotatable bonds is 4. The first kappa shape index (κ1) is 13.1. The maximum Gasteiger partial charge on any atom is 0.263 e. The van der Waals surface area contributed by atoms with Crippen molar-refractivity contribution in [2.75, 3.05) is 0 Å².